The van der Waals surface area contributed by atoms with E-state index in [0.29, 0.717) is 16.6 Å². The lowest BCUT2D eigenvalue weighted by Crippen LogP contribution is -2.41. The summed E-state index contributed by atoms with van der Waals surface area (Å²) in [6, 6.07) is 7.60. The van der Waals surface area contributed by atoms with Crippen molar-refractivity contribution in [3.8, 4) is 0 Å². The summed E-state index contributed by atoms with van der Waals surface area (Å²) in [5.74, 6) is 0. The molecular weight excluding hydrogens is 326 g/mol. The third kappa shape index (κ3) is 3.27. The number of halogens is 1. The molecule has 6 nitrogen and oxygen atoms in total. The van der Waals surface area contributed by atoms with Crippen molar-refractivity contribution in [3.63, 3.8) is 0 Å². The quantitative estimate of drug-likeness (QED) is 0.476. The molecule has 1 aromatic heterocycles. The molecule has 0 atom stereocenters. The van der Waals surface area contributed by atoms with Gasteiger partial charge in [0.25, 0.3) is 5.69 Å². The Morgan fingerprint density at radius 1 is 1.20 bits per heavy atom. The van der Waals surface area contributed by atoms with Crippen LogP contribution in [0.5, 0.6) is 0 Å². The number of rotatable bonds is 3. The molecule has 0 N–H and O–H groups in total. The lowest BCUT2D eigenvalue weighted by atomic mass is 9.87. The first-order valence-corrected chi connectivity index (χ1v) is 7.87. The number of benzene rings is 1. The Kier molecular flexibility index (Phi) is 4.13. The molecule has 0 bridgehead atoms. The van der Waals surface area contributed by atoms with Gasteiger partial charge in [-0.3, -0.25) is 10.1 Å². The molecule has 1 aliphatic rings. The van der Waals surface area contributed by atoms with Crippen LogP contribution in [0.25, 0.3) is 17.0 Å². The first-order chi connectivity index (χ1) is 11.6. The number of pyridine rings is 1. The van der Waals surface area contributed by atoms with Gasteiger partial charge in [-0.05, 0) is 45.9 Å². The largest absolute Gasteiger partial charge is 0.525 e. The zero-order valence-corrected chi connectivity index (χ0v) is 14.4. The third-order valence-electron chi connectivity index (χ3n) is 4.67. The Morgan fingerprint density at radius 3 is 2.44 bits per heavy atom. The number of hydrogen-bond acceptors (Lipinski definition) is 5. The second-order valence-corrected chi connectivity index (χ2v) is 6.99. The van der Waals surface area contributed by atoms with E-state index in [1.165, 1.54) is 24.3 Å². The molecule has 0 unspecified atom stereocenters. The predicted octanol–water partition coefficient (Wildman–Crippen LogP) is 4.08. The predicted molar refractivity (Wildman–Crippen MR) is 93.6 cm³/mol. The van der Waals surface area contributed by atoms with Crippen LogP contribution in [0.4, 0.5) is 10.1 Å². The Bertz CT molecular complexity index is 866. The SMILES string of the molecule is CC1(C)OB(C(F)=Cc2ccc3cc([N+](=O)[O-])ccc3n2)OC1(C)C. The van der Waals surface area contributed by atoms with E-state index in [1.807, 2.05) is 27.7 Å². The summed E-state index contributed by atoms with van der Waals surface area (Å²) in [6.45, 7) is 7.39. The minimum atomic E-state index is -1.08. The van der Waals surface area contributed by atoms with Crippen LogP contribution >= 0.6 is 0 Å². The van der Waals surface area contributed by atoms with Gasteiger partial charge in [0.1, 0.15) is 5.73 Å². The van der Waals surface area contributed by atoms with E-state index >= 15 is 0 Å². The summed E-state index contributed by atoms with van der Waals surface area (Å²) < 4.78 is 25.9. The number of aromatic nitrogens is 1. The maximum atomic E-state index is 14.5. The molecule has 2 aromatic rings. The van der Waals surface area contributed by atoms with Gasteiger partial charge in [-0.15, -0.1) is 0 Å². The number of hydrogen-bond donors (Lipinski definition) is 0. The van der Waals surface area contributed by atoms with E-state index in [2.05, 4.69) is 4.98 Å². The number of nitro benzene ring substituents is 1. The maximum Gasteiger partial charge on any atom is 0.525 e. The topological polar surface area (TPSA) is 74.5 Å². The lowest BCUT2D eigenvalue weighted by molar-refractivity contribution is -0.384. The average molecular weight is 344 g/mol. The molecule has 130 valence electrons. The first-order valence-electron chi connectivity index (χ1n) is 7.87. The summed E-state index contributed by atoms with van der Waals surface area (Å²) in [5.41, 5.74) is -0.917. The van der Waals surface area contributed by atoms with Crippen LogP contribution < -0.4 is 0 Å². The van der Waals surface area contributed by atoms with Crippen LogP contribution in [0.2, 0.25) is 0 Å². The highest BCUT2D eigenvalue weighted by molar-refractivity contribution is 6.54. The van der Waals surface area contributed by atoms with E-state index in [1.54, 1.807) is 12.1 Å². The normalized spacial score (nSPS) is 19.4. The molecule has 0 spiro atoms. The van der Waals surface area contributed by atoms with Crippen LogP contribution in [0.3, 0.4) is 0 Å². The standard InChI is InChI=1S/C17H18BFN2O4/c1-16(2)17(3,4)25-18(24-16)15(19)10-12-6-5-11-9-13(21(22)23)7-8-14(11)20-12/h5-10H,1-4H3. The van der Waals surface area contributed by atoms with Crippen molar-refractivity contribution in [1.29, 1.82) is 0 Å². The van der Waals surface area contributed by atoms with Crippen molar-refractivity contribution in [1.82, 2.24) is 4.98 Å². The highest BCUT2D eigenvalue weighted by Gasteiger charge is 2.53. The summed E-state index contributed by atoms with van der Waals surface area (Å²) in [5, 5.41) is 11.4. The Hall–Kier alpha value is -2.32. The molecule has 2 heterocycles. The molecule has 3 rings (SSSR count). The van der Waals surface area contributed by atoms with Crippen molar-refractivity contribution in [3.05, 3.63) is 51.9 Å². The molecule has 25 heavy (non-hydrogen) atoms. The van der Waals surface area contributed by atoms with E-state index in [-0.39, 0.29) is 5.69 Å². The van der Waals surface area contributed by atoms with Crippen molar-refractivity contribution < 1.29 is 18.6 Å². The zero-order valence-electron chi connectivity index (χ0n) is 14.4. The number of fused-ring (bicyclic) bond motifs is 1. The van der Waals surface area contributed by atoms with Crippen molar-refractivity contribution in [2.45, 2.75) is 38.9 Å². The fourth-order valence-corrected chi connectivity index (χ4v) is 2.49. The molecule has 0 radical (unpaired) electrons. The molecule has 1 fully saturated rings. The Labute approximate surface area is 144 Å². The Morgan fingerprint density at radius 2 is 1.84 bits per heavy atom. The summed E-state index contributed by atoms with van der Waals surface area (Å²) in [4.78, 5) is 14.6. The first kappa shape index (κ1) is 17.5. The van der Waals surface area contributed by atoms with Gasteiger partial charge in [-0.25, -0.2) is 9.37 Å². The van der Waals surface area contributed by atoms with Crippen molar-refractivity contribution in [2.24, 2.45) is 0 Å². The van der Waals surface area contributed by atoms with Crippen LogP contribution in [0, 0.1) is 10.1 Å². The molecule has 1 aromatic carbocycles. The summed E-state index contributed by atoms with van der Waals surface area (Å²) >= 11 is 0. The Balaban J connectivity index is 1.88. The molecular formula is C17H18BFN2O4. The van der Waals surface area contributed by atoms with Crippen LogP contribution in [0.1, 0.15) is 33.4 Å². The van der Waals surface area contributed by atoms with Gasteiger partial charge in [0.15, 0.2) is 0 Å². The zero-order chi connectivity index (χ0) is 18.4. The second-order valence-electron chi connectivity index (χ2n) is 6.99. The van der Waals surface area contributed by atoms with Gasteiger partial charge in [0, 0.05) is 17.5 Å². The molecule has 0 aliphatic carbocycles. The van der Waals surface area contributed by atoms with Gasteiger partial charge >= 0.3 is 7.12 Å². The number of nitrogens with zero attached hydrogens (tertiary/aromatic N) is 2. The van der Waals surface area contributed by atoms with E-state index < -0.39 is 29.0 Å². The number of nitro groups is 1. The smallest absolute Gasteiger partial charge is 0.398 e. The highest BCUT2D eigenvalue weighted by Crippen LogP contribution is 2.39. The van der Waals surface area contributed by atoms with Crippen molar-refractivity contribution >= 4 is 29.8 Å². The minimum Gasteiger partial charge on any atom is -0.398 e. The monoisotopic (exact) mass is 344 g/mol. The van der Waals surface area contributed by atoms with E-state index in [9.17, 15) is 14.5 Å². The fraction of sp³-hybridized carbons (Fsp3) is 0.353. The molecule has 1 aliphatic heterocycles. The van der Waals surface area contributed by atoms with Gasteiger partial charge in [0.05, 0.1) is 27.3 Å². The van der Waals surface area contributed by atoms with E-state index in [4.69, 9.17) is 9.31 Å². The van der Waals surface area contributed by atoms with Gasteiger partial charge in [0.2, 0.25) is 0 Å². The lowest BCUT2D eigenvalue weighted by Gasteiger charge is -2.32. The molecule has 1 saturated heterocycles. The third-order valence-corrected chi connectivity index (χ3v) is 4.67. The minimum absolute atomic E-state index is 0.0130. The molecule has 8 heteroatoms. The van der Waals surface area contributed by atoms with Crippen LogP contribution in [-0.2, 0) is 9.31 Å². The average Bonchev–Trinajstić information content (AvgIpc) is 2.75. The van der Waals surface area contributed by atoms with Gasteiger partial charge in [-0.2, -0.15) is 0 Å². The van der Waals surface area contributed by atoms with Gasteiger partial charge in [-0.1, -0.05) is 6.07 Å². The fourth-order valence-electron chi connectivity index (χ4n) is 2.49. The van der Waals surface area contributed by atoms with Crippen LogP contribution in [-0.4, -0.2) is 28.2 Å². The number of non-ortho nitro benzene ring substituents is 1. The van der Waals surface area contributed by atoms with E-state index in [0.717, 1.165) is 0 Å². The van der Waals surface area contributed by atoms with Crippen LogP contribution in [0.15, 0.2) is 36.1 Å². The van der Waals surface area contributed by atoms with Gasteiger partial charge < -0.3 is 9.31 Å². The molecule has 0 saturated carbocycles. The molecule has 0 amide bonds. The summed E-state index contributed by atoms with van der Waals surface area (Å²) in [6.07, 6.45) is 1.25. The highest BCUT2D eigenvalue weighted by atomic mass is 19.1. The van der Waals surface area contributed by atoms with Crippen molar-refractivity contribution in [2.75, 3.05) is 0 Å². The second kappa shape index (κ2) is 5.89. The maximum absolute atomic E-state index is 14.5. The summed E-state index contributed by atoms with van der Waals surface area (Å²) in [7, 11) is -1.08.